The normalized spacial score (nSPS) is 13.3. The summed E-state index contributed by atoms with van der Waals surface area (Å²) in [5, 5.41) is 6.85. The summed E-state index contributed by atoms with van der Waals surface area (Å²) in [6.45, 7) is -0.643. The number of ether oxygens (including phenoxy) is 2. The molecule has 198 valence electrons. The fraction of sp³-hybridized carbons (Fsp3) is 0.200. The van der Waals surface area contributed by atoms with Gasteiger partial charge in [0.05, 0.1) is 20.0 Å². The standard InChI is InChI=1S/C25H21F4N5O4/c1-12(17-10-15(5-7-19(17)26)38-25(27,28)29)32-23(36)18-8-14(11-31-24(18)37-3)13-4-6-16-20(9-13)34(2)33-21(16)22(30)35/h4-12H,1-3H3,(H2,30,35)(H,32,36)/t12-/m0/s1/i1D,2D,3D. The van der Waals surface area contributed by atoms with Gasteiger partial charge in [-0.1, -0.05) is 6.07 Å². The van der Waals surface area contributed by atoms with Crippen LogP contribution in [0.3, 0.4) is 0 Å². The van der Waals surface area contributed by atoms with Gasteiger partial charge in [0.2, 0.25) is 5.88 Å². The minimum atomic E-state index is -5.04. The van der Waals surface area contributed by atoms with E-state index in [1.54, 1.807) is 18.2 Å². The molecule has 0 saturated heterocycles. The topological polar surface area (TPSA) is 121 Å². The number of methoxy groups -OCH3 is 1. The monoisotopic (exact) mass is 534 g/mol. The number of primary amides is 1. The highest BCUT2D eigenvalue weighted by Gasteiger charge is 2.31. The third kappa shape index (κ3) is 5.36. The number of alkyl halides is 3. The summed E-state index contributed by atoms with van der Waals surface area (Å²) in [4.78, 5) is 29.1. The first-order valence-electron chi connectivity index (χ1n) is 12.7. The Balaban J connectivity index is 1.71. The first-order chi connectivity index (χ1) is 19.4. The minimum Gasteiger partial charge on any atom is -0.480 e. The average Bonchev–Trinajstić information content (AvgIpc) is 3.31. The van der Waals surface area contributed by atoms with Gasteiger partial charge in [-0.3, -0.25) is 14.3 Å². The maximum Gasteiger partial charge on any atom is 0.573 e. The van der Waals surface area contributed by atoms with E-state index in [0.717, 1.165) is 18.2 Å². The van der Waals surface area contributed by atoms with Crippen molar-refractivity contribution in [3.63, 3.8) is 0 Å². The Morgan fingerprint density at radius 1 is 1.16 bits per heavy atom. The lowest BCUT2D eigenvalue weighted by Gasteiger charge is -2.18. The number of hydrogen-bond donors (Lipinski definition) is 2. The third-order valence-electron chi connectivity index (χ3n) is 5.43. The van der Waals surface area contributed by atoms with E-state index in [9.17, 15) is 27.2 Å². The van der Waals surface area contributed by atoms with E-state index < -0.39 is 55.3 Å². The lowest BCUT2D eigenvalue weighted by atomic mass is 10.0. The van der Waals surface area contributed by atoms with Gasteiger partial charge < -0.3 is 20.5 Å². The molecule has 13 heteroatoms. The Kier molecular flexibility index (Phi) is 5.92. The molecular formula is C25H21F4N5O4. The molecule has 2 aromatic heterocycles. The first-order valence-corrected chi connectivity index (χ1v) is 10.6. The first kappa shape index (κ1) is 22.5. The molecule has 0 fully saturated rings. The molecule has 4 aromatic rings. The number of nitrogens with two attached hydrogens (primary N) is 1. The predicted molar refractivity (Wildman–Crippen MR) is 128 cm³/mol. The summed E-state index contributed by atoms with van der Waals surface area (Å²) in [7, 11) is -0.916. The maximum absolute atomic E-state index is 14.5. The molecule has 0 unspecified atom stereocenters. The molecule has 0 saturated carbocycles. The highest BCUT2D eigenvalue weighted by Crippen LogP contribution is 2.30. The van der Waals surface area contributed by atoms with Crippen LogP contribution in [0, 0.1) is 5.82 Å². The van der Waals surface area contributed by atoms with E-state index in [0.29, 0.717) is 22.0 Å². The number of pyridine rings is 1. The number of benzene rings is 2. The van der Waals surface area contributed by atoms with Gasteiger partial charge in [0, 0.05) is 32.5 Å². The van der Waals surface area contributed by atoms with Gasteiger partial charge in [-0.15, -0.1) is 13.2 Å². The van der Waals surface area contributed by atoms with Gasteiger partial charge in [-0.2, -0.15) is 5.10 Å². The number of halogens is 4. The molecule has 9 nitrogen and oxygen atoms in total. The Hall–Kier alpha value is -4.68. The largest absolute Gasteiger partial charge is 0.573 e. The number of nitrogens with zero attached hydrogens (tertiary/aromatic N) is 3. The van der Waals surface area contributed by atoms with Gasteiger partial charge in [-0.25, -0.2) is 9.37 Å². The molecule has 4 rings (SSSR count). The van der Waals surface area contributed by atoms with Gasteiger partial charge in [0.15, 0.2) is 5.69 Å². The van der Waals surface area contributed by atoms with Gasteiger partial charge >= 0.3 is 6.36 Å². The third-order valence-corrected chi connectivity index (χ3v) is 5.43. The van der Waals surface area contributed by atoms with E-state index in [1.807, 2.05) is 0 Å². The molecule has 2 aromatic carbocycles. The van der Waals surface area contributed by atoms with Crippen LogP contribution in [-0.4, -0.2) is 40.0 Å². The molecule has 1 atom stereocenters. The Morgan fingerprint density at radius 2 is 1.97 bits per heavy atom. The summed E-state index contributed by atoms with van der Waals surface area (Å²) in [5.74, 6) is -3.64. The van der Waals surface area contributed by atoms with Crippen molar-refractivity contribution >= 4 is 22.7 Å². The number of aryl methyl sites for hydroxylation is 1. The molecule has 0 aliphatic carbocycles. The average molecular weight is 534 g/mol. The van der Waals surface area contributed by atoms with Gasteiger partial charge in [0.25, 0.3) is 11.8 Å². The fourth-order valence-electron chi connectivity index (χ4n) is 3.72. The molecule has 0 aliphatic heterocycles. The van der Waals surface area contributed by atoms with Gasteiger partial charge in [0.1, 0.15) is 17.1 Å². The molecule has 38 heavy (non-hydrogen) atoms. The summed E-state index contributed by atoms with van der Waals surface area (Å²) >= 11 is 0. The van der Waals surface area contributed by atoms with Crippen LogP contribution in [0.2, 0.25) is 0 Å². The maximum atomic E-state index is 14.5. The zero-order valence-electron chi connectivity index (χ0n) is 22.4. The number of nitrogens with one attached hydrogen (secondary N) is 1. The van der Waals surface area contributed by atoms with Crippen LogP contribution >= 0.6 is 0 Å². The van der Waals surface area contributed by atoms with Crippen LogP contribution in [0.25, 0.3) is 22.0 Å². The van der Waals surface area contributed by atoms with E-state index in [1.165, 1.54) is 16.9 Å². The second-order valence-electron chi connectivity index (χ2n) is 7.92. The highest BCUT2D eigenvalue weighted by atomic mass is 19.4. The van der Waals surface area contributed by atoms with Crippen molar-refractivity contribution in [2.24, 2.45) is 12.8 Å². The zero-order chi connectivity index (χ0) is 29.9. The summed E-state index contributed by atoms with van der Waals surface area (Å²) < 4.78 is 85.5. The number of carbonyl (C=O) groups is 2. The molecule has 0 radical (unpaired) electrons. The molecule has 2 heterocycles. The highest BCUT2D eigenvalue weighted by molar-refractivity contribution is 6.05. The zero-order valence-corrected chi connectivity index (χ0v) is 19.4. The summed E-state index contributed by atoms with van der Waals surface area (Å²) in [5.41, 5.74) is 6.00. The molecular weight excluding hydrogens is 510 g/mol. The van der Waals surface area contributed by atoms with E-state index in [4.69, 9.17) is 14.6 Å². The molecule has 0 bridgehead atoms. The van der Waals surface area contributed by atoms with Crippen molar-refractivity contribution in [1.29, 1.82) is 0 Å². The van der Waals surface area contributed by atoms with Crippen LogP contribution in [0.5, 0.6) is 11.6 Å². The van der Waals surface area contributed by atoms with Crippen molar-refractivity contribution in [1.82, 2.24) is 20.1 Å². The van der Waals surface area contributed by atoms with Crippen LogP contribution in [0.1, 0.15) is 43.5 Å². The number of rotatable bonds is 7. The second kappa shape index (κ2) is 10.00. The minimum absolute atomic E-state index is 0.0189. The van der Waals surface area contributed by atoms with Crippen LogP contribution in [0.15, 0.2) is 48.7 Å². The Morgan fingerprint density at radius 3 is 2.66 bits per heavy atom. The molecule has 0 spiro atoms. The lowest BCUT2D eigenvalue weighted by Crippen LogP contribution is -2.28. The van der Waals surface area contributed by atoms with Crippen LogP contribution in [-0.2, 0) is 7.02 Å². The van der Waals surface area contributed by atoms with Crippen molar-refractivity contribution in [2.75, 3.05) is 7.09 Å². The number of carbonyl (C=O) groups excluding carboxylic acids is 2. The molecule has 2 amide bonds. The number of amides is 2. The smallest absolute Gasteiger partial charge is 0.480 e. The molecule has 3 N–H and O–H groups in total. The molecule has 0 aliphatic rings. The number of aromatic nitrogens is 3. The van der Waals surface area contributed by atoms with Crippen LogP contribution < -0.4 is 20.5 Å². The number of hydrogen-bond acceptors (Lipinski definition) is 6. The quantitative estimate of drug-likeness (QED) is 0.342. The van der Waals surface area contributed by atoms with E-state index >= 15 is 0 Å². The second-order valence-corrected chi connectivity index (χ2v) is 7.92. The fourth-order valence-corrected chi connectivity index (χ4v) is 3.72. The lowest BCUT2D eigenvalue weighted by molar-refractivity contribution is -0.274. The van der Waals surface area contributed by atoms with Gasteiger partial charge in [-0.05, 0) is 48.9 Å². The number of fused-ring (bicyclic) bond motifs is 1. The predicted octanol–water partition coefficient (Wildman–Crippen LogP) is 4.27. The Bertz CT molecular complexity index is 1620. The van der Waals surface area contributed by atoms with Crippen LogP contribution in [0.4, 0.5) is 17.6 Å². The summed E-state index contributed by atoms with van der Waals surface area (Å²) in [6.07, 6.45) is -3.69. The van der Waals surface area contributed by atoms with Crippen molar-refractivity contribution in [3.8, 4) is 22.8 Å². The van der Waals surface area contributed by atoms with E-state index in [-0.39, 0.29) is 24.2 Å². The van der Waals surface area contributed by atoms with Crippen molar-refractivity contribution < 1.29 is 40.7 Å². The summed E-state index contributed by atoms with van der Waals surface area (Å²) in [6, 6.07) is 6.95. The van der Waals surface area contributed by atoms with Crippen molar-refractivity contribution in [2.45, 2.75) is 19.3 Å². The Labute approximate surface area is 217 Å². The van der Waals surface area contributed by atoms with E-state index in [2.05, 4.69) is 20.1 Å². The SMILES string of the molecule is [2H]COc1ncc(-c2ccc3c(C(N)=O)nn(C[2H])c3c2)cc1C(=O)N[C@@H](C[2H])c1cc(OC(F)(F)F)ccc1F. The van der Waals surface area contributed by atoms with Crippen molar-refractivity contribution in [3.05, 3.63) is 71.3 Å².